The number of carboxylic acids is 1. The molecule has 1 saturated heterocycles. The number of piperidine rings is 1. The van der Waals surface area contributed by atoms with Crippen LogP contribution in [0, 0.1) is 0 Å². The third-order valence-corrected chi connectivity index (χ3v) is 6.74. The average Bonchev–Trinajstić information content (AvgIpc) is 2.62. The molecule has 3 rings (SSSR count). The van der Waals surface area contributed by atoms with Crippen molar-refractivity contribution in [1.82, 2.24) is 9.29 Å². The number of benzene rings is 1. The van der Waals surface area contributed by atoms with Gasteiger partial charge in [-0.25, -0.2) is 8.42 Å². The summed E-state index contributed by atoms with van der Waals surface area (Å²) in [4.78, 5) is 15.8. The molecule has 0 radical (unpaired) electrons. The second-order valence-corrected chi connectivity index (χ2v) is 8.13. The maximum atomic E-state index is 13.1. The minimum absolute atomic E-state index is 0.213. The lowest BCUT2D eigenvalue weighted by atomic mass is 10.1. The van der Waals surface area contributed by atoms with Crippen molar-refractivity contribution >= 4 is 26.9 Å². The Labute approximate surface area is 146 Å². The Morgan fingerprint density at radius 1 is 1.36 bits per heavy atom. The highest BCUT2D eigenvalue weighted by molar-refractivity contribution is 7.89. The molecular formula is C18H20N2O4S. The molecule has 1 fully saturated rings. The molecule has 2 atom stereocenters. The molecule has 1 aromatic heterocycles. The van der Waals surface area contributed by atoms with E-state index in [-0.39, 0.29) is 6.54 Å². The Hall–Kier alpha value is -2.25. The molecule has 7 heteroatoms. The maximum absolute atomic E-state index is 13.1. The normalized spacial score (nSPS) is 20.2. The van der Waals surface area contributed by atoms with E-state index in [1.165, 1.54) is 12.3 Å². The maximum Gasteiger partial charge on any atom is 0.322 e. The van der Waals surface area contributed by atoms with E-state index < -0.39 is 27.3 Å². The topological polar surface area (TPSA) is 87.6 Å². The summed E-state index contributed by atoms with van der Waals surface area (Å²) in [6.45, 7) is 3.88. The molecule has 6 nitrogen and oxygen atoms in total. The standard InChI is InChI=1S/C18H20N2O4S/c1-2-17(14-11-13-7-3-4-8-15(13)19-12-14)25(23,24)20-10-6-5-9-16(20)18(21)22/h2-4,7-8,11-12,16-17H,1,5-6,9-10H2,(H,21,22). The average molecular weight is 360 g/mol. The molecule has 1 aromatic carbocycles. The van der Waals surface area contributed by atoms with Gasteiger partial charge in [0.2, 0.25) is 10.0 Å². The van der Waals surface area contributed by atoms with Crippen molar-refractivity contribution < 1.29 is 18.3 Å². The molecule has 1 aliphatic rings. The number of aliphatic carboxylic acids is 1. The zero-order chi connectivity index (χ0) is 18.0. The lowest BCUT2D eigenvalue weighted by Gasteiger charge is -2.34. The lowest BCUT2D eigenvalue weighted by Crippen LogP contribution is -2.49. The minimum Gasteiger partial charge on any atom is -0.480 e. The summed E-state index contributed by atoms with van der Waals surface area (Å²) < 4.78 is 27.4. The number of hydrogen-bond donors (Lipinski definition) is 1. The van der Waals surface area contributed by atoms with E-state index in [4.69, 9.17) is 0 Å². The largest absolute Gasteiger partial charge is 0.480 e. The fourth-order valence-electron chi connectivity index (χ4n) is 3.28. The summed E-state index contributed by atoms with van der Waals surface area (Å²) in [7, 11) is -3.90. The molecule has 0 saturated carbocycles. The van der Waals surface area contributed by atoms with Crippen molar-refractivity contribution in [1.29, 1.82) is 0 Å². The summed E-state index contributed by atoms with van der Waals surface area (Å²) in [5.41, 5.74) is 1.26. The van der Waals surface area contributed by atoms with Gasteiger partial charge in [0, 0.05) is 18.1 Å². The first kappa shape index (κ1) is 17.6. The number of carbonyl (C=O) groups is 1. The van der Waals surface area contributed by atoms with Crippen LogP contribution in [0.25, 0.3) is 10.9 Å². The molecule has 0 spiro atoms. The Balaban J connectivity index is 2.02. The molecule has 2 heterocycles. The van der Waals surface area contributed by atoms with Crippen LogP contribution < -0.4 is 0 Å². The van der Waals surface area contributed by atoms with Crippen molar-refractivity contribution in [3.8, 4) is 0 Å². The summed E-state index contributed by atoms with van der Waals surface area (Å²) in [6.07, 6.45) is 4.55. The van der Waals surface area contributed by atoms with Crippen LogP contribution in [0.2, 0.25) is 0 Å². The molecule has 2 unspecified atom stereocenters. The van der Waals surface area contributed by atoms with Crippen LogP contribution in [0.1, 0.15) is 30.1 Å². The summed E-state index contributed by atoms with van der Waals surface area (Å²) in [6, 6.07) is 8.18. The van der Waals surface area contributed by atoms with Crippen LogP contribution in [0.4, 0.5) is 0 Å². The van der Waals surface area contributed by atoms with Crippen molar-refractivity contribution in [2.45, 2.75) is 30.6 Å². The Morgan fingerprint density at radius 2 is 2.12 bits per heavy atom. The zero-order valence-electron chi connectivity index (χ0n) is 13.7. The number of para-hydroxylation sites is 1. The van der Waals surface area contributed by atoms with Gasteiger partial charge in [-0.05, 0) is 37.0 Å². The second-order valence-electron chi connectivity index (χ2n) is 6.12. The van der Waals surface area contributed by atoms with Crippen molar-refractivity contribution in [2.24, 2.45) is 0 Å². The van der Waals surface area contributed by atoms with Crippen molar-refractivity contribution in [3.05, 3.63) is 54.7 Å². The van der Waals surface area contributed by atoms with E-state index in [1.807, 2.05) is 24.3 Å². The van der Waals surface area contributed by atoms with Crippen LogP contribution >= 0.6 is 0 Å². The van der Waals surface area contributed by atoms with Crippen LogP contribution in [0.3, 0.4) is 0 Å². The molecule has 25 heavy (non-hydrogen) atoms. The third kappa shape index (κ3) is 3.29. The molecule has 1 N–H and O–H groups in total. The van der Waals surface area contributed by atoms with Crippen LogP contribution in [0.5, 0.6) is 0 Å². The third-order valence-electron chi connectivity index (χ3n) is 4.54. The molecule has 0 aliphatic carbocycles. The van der Waals surface area contributed by atoms with Crippen molar-refractivity contribution in [2.75, 3.05) is 6.54 Å². The van der Waals surface area contributed by atoms with Gasteiger partial charge >= 0.3 is 5.97 Å². The summed E-state index contributed by atoms with van der Waals surface area (Å²) in [5.74, 6) is -1.11. The van der Waals surface area contributed by atoms with E-state index in [1.54, 1.807) is 6.07 Å². The first-order chi connectivity index (χ1) is 11.9. The molecule has 132 valence electrons. The highest BCUT2D eigenvalue weighted by Crippen LogP contribution is 2.32. The zero-order valence-corrected chi connectivity index (χ0v) is 14.5. The number of aromatic nitrogens is 1. The van der Waals surface area contributed by atoms with Gasteiger partial charge in [-0.3, -0.25) is 9.78 Å². The Morgan fingerprint density at radius 3 is 2.84 bits per heavy atom. The van der Waals surface area contributed by atoms with E-state index >= 15 is 0 Å². The highest BCUT2D eigenvalue weighted by atomic mass is 32.2. The van der Waals surface area contributed by atoms with Gasteiger partial charge in [-0.2, -0.15) is 4.31 Å². The number of carboxylic acid groups (broad SMARTS) is 1. The fraction of sp³-hybridized carbons (Fsp3) is 0.333. The quantitative estimate of drug-likeness (QED) is 0.829. The molecule has 1 aliphatic heterocycles. The van der Waals surface area contributed by atoms with Crippen LogP contribution in [-0.4, -0.2) is 41.4 Å². The number of nitrogens with zero attached hydrogens (tertiary/aromatic N) is 2. The predicted molar refractivity (Wildman–Crippen MR) is 95.6 cm³/mol. The van der Waals surface area contributed by atoms with Gasteiger partial charge in [-0.1, -0.05) is 24.3 Å². The van der Waals surface area contributed by atoms with Gasteiger partial charge in [0.05, 0.1) is 5.52 Å². The van der Waals surface area contributed by atoms with E-state index in [9.17, 15) is 18.3 Å². The number of pyridine rings is 1. The van der Waals surface area contributed by atoms with Gasteiger partial charge in [-0.15, -0.1) is 6.58 Å². The molecular weight excluding hydrogens is 340 g/mol. The van der Waals surface area contributed by atoms with E-state index in [2.05, 4.69) is 11.6 Å². The predicted octanol–water partition coefficient (Wildman–Crippen LogP) is 2.73. The smallest absolute Gasteiger partial charge is 0.322 e. The van der Waals surface area contributed by atoms with Crippen molar-refractivity contribution in [3.63, 3.8) is 0 Å². The highest BCUT2D eigenvalue weighted by Gasteiger charge is 2.40. The number of hydrogen-bond acceptors (Lipinski definition) is 4. The van der Waals surface area contributed by atoms with Gasteiger partial charge in [0.1, 0.15) is 11.3 Å². The lowest BCUT2D eigenvalue weighted by molar-refractivity contribution is -0.142. The fourth-order valence-corrected chi connectivity index (χ4v) is 5.22. The number of rotatable bonds is 5. The molecule has 0 amide bonds. The van der Waals surface area contributed by atoms with Crippen LogP contribution in [0.15, 0.2) is 49.2 Å². The number of fused-ring (bicyclic) bond motifs is 1. The Kier molecular flexibility index (Phi) is 4.87. The van der Waals surface area contributed by atoms with Gasteiger partial charge in [0.25, 0.3) is 0 Å². The van der Waals surface area contributed by atoms with E-state index in [0.29, 0.717) is 24.8 Å². The van der Waals surface area contributed by atoms with E-state index in [0.717, 1.165) is 15.2 Å². The SMILES string of the molecule is C=CC(c1cnc2ccccc2c1)S(=O)(=O)N1CCCCC1C(=O)O. The minimum atomic E-state index is -3.90. The summed E-state index contributed by atoms with van der Waals surface area (Å²) >= 11 is 0. The summed E-state index contributed by atoms with van der Waals surface area (Å²) in [5, 5.41) is 9.20. The van der Waals surface area contributed by atoms with Gasteiger partial charge < -0.3 is 5.11 Å². The first-order valence-electron chi connectivity index (χ1n) is 8.16. The second kappa shape index (κ2) is 6.93. The molecule has 2 aromatic rings. The first-order valence-corrected chi connectivity index (χ1v) is 9.66. The number of sulfonamides is 1. The Bertz CT molecular complexity index is 910. The monoisotopic (exact) mass is 360 g/mol. The van der Waals surface area contributed by atoms with Crippen LogP contribution in [-0.2, 0) is 14.8 Å². The van der Waals surface area contributed by atoms with Gasteiger partial charge in [0.15, 0.2) is 0 Å². The molecule has 0 bridgehead atoms.